The average molecular weight is 278 g/mol. The molecule has 0 radical (unpaired) electrons. The summed E-state index contributed by atoms with van der Waals surface area (Å²) in [6.07, 6.45) is 3.02. The quantitative estimate of drug-likeness (QED) is 0.510. The maximum atomic E-state index is 4.14. The molecule has 0 aliphatic carbocycles. The Bertz CT molecular complexity index is 421. The van der Waals surface area contributed by atoms with Crippen LogP contribution in [0, 0.1) is 0 Å². The van der Waals surface area contributed by atoms with Gasteiger partial charge in [-0.25, -0.2) is 4.99 Å². The number of halogens is 1. The van der Waals surface area contributed by atoms with Crippen molar-refractivity contribution in [1.29, 1.82) is 0 Å². The first-order valence-corrected chi connectivity index (χ1v) is 5.41. The first kappa shape index (κ1) is 12.4. The lowest BCUT2D eigenvalue weighted by Gasteiger charge is -2.04. The summed E-state index contributed by atoms with van der Waals surface area (Å²) < 4.78 is 0.529. The third kappa shape index (κ3) is 4.70. The highest BCUT2D eigenvalue weighted by Crippen LogP contribution is 2.07. The number of amidine groups is 1. The molecule has 0 atom stereocenters. The molecule has 0 saturated carbocycles. The van der Waals surface area contributed by atoms with Crippen molar-refractivity contribution in [3.63, 3.8) is 0 Å². The highest BCUT2D eigenvalue weighted by atomic mass is 79.9. The normalized spacial score (nSPS) is 11.4. The summed E-state index contributed by atoms with van der Waals surface area (Å²) in [5.74, 6) is 0.591. The van der Waals surface area contributed by atoms with E-state index in [1.54, 1.807) is 6.21 Å². The van der Waals surface area contributed by atoms with Gasteiger partial charge >= 0.3 is 0 Å². The van der Waals surface area contributed by atoms with Gasteiger partial charge in [0.05, 0.1) is 6.21 Å². The number of nitrogens with one attached hydrogen (secondary N) is 1. The van der Waals surface area contributed by atoms with Gasteiger partial charge in [0, 0.05) is 11.9 Å². The van der Waals surface area contributed by atoms with Crippen LogP contribution in [0.5, 0.6) is 0 Å². The first-order valence-electron chi connectivity index (χ1n) is 4.61. The summed E-state index contributed by atoms with van der Waals surface area (Å²) in [5, 5.41) is 3.11. The van der Waals surface area contributed by atoms with E-state index >= 15 is 0 Å². The molecule has 16 heavy (non-hydrogen) atoms. The van der Waals surface area contributed by atoms with Gasteiger partial charge in [0.25, 0.3) is 0 Å². The lowest BCUT2D eigenvalue weighted by molar-refractivity contribution is 1.52. The fourth-order valence-corrected chi connectivity index (χ4v) is 1.20. The van der Waals surface area contributed by atoms with Crippen molar-refractivity contribution in [2.75, 3.05) is 5.32 Å². The molecule has 4 heteroatoms. The maximum Gasteiger partial charge on any atom is 0.150 e. The second kappa shape index (κ2) is 6.74. The Morgan fingerprint density at radius 1 is 1.31 bits per heavy atom. The fourth-order valence-electron chi connectivity index (χ4n) is 1.01. The molecule has 0 spiro atoms. The molecule has 0 amide bonds. The van der Waals surface area contributed by atoms with Crippen LogP contribution in [0.1, 0.15) is 0 Å². The van der Waals surface area contributed by atoms with Crippen LogP contribution in [-0.2, 0) is 0 Å². The summed E-state index contributed by atoms with van der Waals surface area (Å²) in [6.45, 7) is 7.15. The van der Waals surface area contributed by atoms with E-state index in [4.69, 9.17) is 0 Å². The lowest BCUT2D eigenvalue weighted by atomic mass is 10.3. The zero-order chi connectivity index (χ0) is 11.8. The van der Waals surface area contributed by atoms with E-state index in [-0.39, 0.29) is 0 Å². The van der Waals surface area contributed by atoms with Gasteiger partial charge in [0.2, 0.25) is 0 Å². The standard InChI is InChI=1S/C12H12BrN3/c1-3-14-9-12(15-10(2)13)16-11-7-5-4-6-8-11/h3-9H,1-2H2,(H,15,16)/b14-9+. The first-order chi connectivity index (χ1) is 7.72. The molecule has 1 aromatic rings. The minimum absolute atomic E-state index is 0.529. The number of aliphatic imine (C=N–C) groups is 2. The van der Waals surface area contributed by atoms with Crippen LogP contribution in [0.15, 0.2) is 64.3 Å². The number of para-hydroxylation sites is 1. The van der Waals surface area contributed by atoms with Gasteiger partial charge in [-0.1, -0.05) is 31.4 Å². The number of anilines is 1. The van der Waals surface area contributed by atoms with Gasteiger partial charge in [0.1, 0.15) is 10.4 Å². The van der Waals surface area contributed by atoms with E-state index in [1.165, 1.54) is 6.20 Å². The monoisotopic (exact) mass is 277 g/mol. The second-order valence-electron chi connectivity index (χ2n) is 2.83. The van der Waals surface area contributed by atoms with Crippen molar-refractivity contribution >= 4 is 33.7 Å². The number of benzene rings is 1. The third-order valence-electron chi connectivity index (χ3n) is 1.59. The van der Waals surface area contributed by atoms with E-state index in [0.29, 0.717) is 10.4 Å². The highest BCUT2D eigenvalue weighted by molar-refractivity contribution is 9.11. The van der Waals surface area contributed by atoms with Gasteiger partial charge in [-0.2, -0.15) is 0 Å². The van der Waals surface area contributed by atoms with Crippen molar-refractivity contribution in [3.05, 3.63) is 54.3 Å². The van der Waals surface area contributed by atoms with E-state index < -0.39 is 0 Å². The summed E-state index contributed by atoms with van der Waals surface area (Å²) in [5.41, 5.74) is 0.936. The minimum atomic E-state index is 0.529. The minimum Gasteiger partial charge on any atom is -0.339 e. The topological polar surface area (TPSA) is 36.8 Å². The Kier molecular flexibility index (Phi) is 5.22. The van der Waals surface area contributed by atoms with Crippen molar-refractivity contribution in [1.82, 2.24) is 0 Å². The van der Waals surface area contributed by atoms with Crippen molar-refractivity contribution in [2.24, 2.45) is 9.98 Å². The van der Waals surface area contributed by atoms with E-state index in [9.17, 15) is 0 Å². The predicted molar refractivity (Wildman–Crippen MR) is 74.3 cm³/mol. The number of rotatable bonds is 4. The Morgan fingerprint density at radius 2 is 2.00 bits per heavy atom. The molecule has 0 saturated heterocycles. The Balaban J connectivity index is 2.83. The molecule has 82 valence electrons. The molecule has 0 unspecified atom stereocenters. The smallest absolute Gasteiger partial charge is 0.150 e. The molecule has 0 aromatic heterocycles. The Morgan fingerprint density at radius 3 is 2.56 bits per heavy atom. The molecule has 3 nitrogen and oxygen atoms in total. The number of hydrogen-bond acceptors (Lipinski definition) is 2. The van der Waals surface area contributed by atoms with Gasteiger partial charge in [-0.05, 0) is 28.1 Å². The van der Waals surface area contributed by atoms with Crippen molar-refractivity contribution in [2.45, 2.75) is 0 Å². The summed E-state index contributed by atoms with van der Waals surface area (Å²) in [7, 11) is 0. The highest BCUT2D eigenvalue weighted by Gasteiger charge is 1.96. The SMILES string of the molecule is C=C/N=C/C(=N\C(=C)Br)Nc1ccccc1. The molecule has 1 N–H and O–H groups in total. The van der Waals surface area contributed by atoms with Crippen LogP contribution >= 0.6 is 15.9 Å². The summed E-state index contributed by atoms with van der Waals surface area (Å²) >= 11 is 3.17. The summed E-state index contributed by atoms with van der Waals surface area (Å²) in [4.78, 5) is 8.05. The molecule has 1 rings (SSSR count). The molecule has 0 bridgehead atoms. The summed E-state index contributed by atoms with van der Waals surface area (Å²) in [6, 6.07) is 9.70. The van der Waals surface area contributed by atoms with Crippen LogP contribution in [0.4, 0.5) is 5.69 Å². The molecule has 1 aromatic carbocycles. The largest absolute Gasteiger partial charge is 0.339 e. The van der Waals surface area contributed by atoms with Crippen LogP contribution in [0.25, 0.3) is 0 Å². The van der Waals surface area contributed by atoms with Crippen LogP contribution in [0.2, 0.25) is 0 Å². The third-order valence-corrected chi connectivity index (χ3v) is 1.77. The molecule has 0 aliphatic heterocycles. The van der Waals surface area contributed by atoms with E-state index in [1.807, 2.05) is 30.3 Å². The van der Waals surface area contributed by atoms with Crippen molar-refractivity contribution in [3.8, 4) is 0 Å². The van der Waals surface area contributed by atoms with E-state index in [0.717, 1.165) is 5.69 Å². The Labute approximate surface area is 103 Å². The molecule has 0 heterocycles. The molecular formula is C12H12BrN3. The molecule has 0 aliphatic rings. The predicted octanol–water partition coefficient (Wildman–Crippen LogP) is 3.58. The number of nitrogens with zero attached hydrogens (tertiary/aromatic N) is 2. The van der Waals surface area contributed by atoms with Crippen LogP contribution < -0.4 is 5.32 Å². The zero-order valence-corrected chi connectivity index (χ0v) is 10.3. The van der Waals surface area contributed by atoms with Gasteiger partial charge in [0.15, 0.2) is 0 Å². The van der Waals surface area contributed by atoms with Gasteiger partial charge < -0.3 is 5.32 Å². The van der Waals surface area contributed by atoms with Gasteiger partial charge in [-0.3, -0.25) is 4.99 Å². The van der Waals surface area contributed by atoms with E-state index in [2.05, 4.69) is 44.4 Å². The average Bonchev–Trinajstić information content (AvgIpc) is 2.26. The Hall–Kier alpha value is -1.68. The van der Waals surface area contributed by atoms with Crippen LogP contribution in [0.3, 0.4) is 0 Å². The van der Waals surface area contributed by atoms with Crippen LogP contribution in [-0.4, -0.2) is 12.1 Å². The second-order valence-corrected chi connectivity index (χ2v) is 3.74. The van der Waals surface area contributed by atoms with Gasteiger partial charge in [-0.15, -0.1) is 0 Å². The fraction of sp³-hybridized carbons (Fsp3) is 0. The molecular weight excluding hydrogens is 266 g/mol. The lowest BCUT2D eigenvalue weighted by Crippen LogP contribution is -2.13. The zero-order valence-electron chi connectivity index (χ0n) is 8.73. The van der Waals surface area contributed by atoms with Crippen molar-refractivity contribution < 1.29 is 0 Å². The molecule has 0 fully saturated rings. The maximum absolute atomic E-state index is 4.14. The number of hydrogen-bond donors (Lipinski definition) is 1.